The zero-order valence-electron chi connectivity index (χ0n) is 8.28. The number of hydrogen-bond donors (Lipinski definition) is 1. The van der Waals surface area contributed by atoms with E-state index >= 15 is 0 Å². The van der Waals surface area contributed by atoms with E-state index in [1.54, 1.807) is 0 Å². The molecule has 2 aromatic carbocycles. The summed E-state index contributed by atoms with van der Waals surface area (Å²) in [5.41, 5.74) is 6.44. The number of para-hydroxylation sites is 1. The van der Waals surface area contributed by atoms with Crippen molar-refractivity contribution in [3.63, 3.8) is 0 Å². The molecule has 0 aliphatic heterocycles. The van der Waals surface area contributed by atoms with Crippen LogP contribution in [-0.2, 0) is 0 Å². The highest BCUT2D eigenvalue weighted by molar-refractivity contribution is 14.1. The molecule has 0 saturated heterocycles. The first kappa shape index (κ1) is 12.0. The van der Waals surface area contributed by atoms with Gasteiger partial charge in [0.15, 0.2) is 0 Å². The summed E-state index contributed by atoms with van der Waals surface area (Å²) >= 11 is 4.47. The molecule has 0 aliphatic carbocycles. The maximum Gasteiger partial charge on any atom is 0.140 e. The highest BCUT2D eigenvalue weighted by atomic mass is 127. The summed E-state index contributed by atoms with van der Waals surface area (Å²) in [7, 11) is 0. The molecule has 4 heteroatoms. The lowest BCUT2D eigenvalue weighted by Crippen LogP contribution is -1.91. The number of nitrogen functional groups attached to an aromatic ring is 1. The summed E-state index contributed by atoms with van der Waals surface area (Å²) in [6.07, 6.45) is 0. The second-order valence-electron chi connectivity index (χ2n) is 3.22. The predicted molar refractivity (Wildman–Crippen MR) is 82.8 cm³/mol. The molecule has 0 fully saturated rings. The molecular weight excluding hydrogens is 428 g/mol. The van der Waals surface area contributed by atoms with Gasteiger partial charge in [-0.15, -0.1) is 0 Å². The molecular formula is C12H9I2NO. The van der Waals surface area contributed by atoms with Crippen LogP contribution in [0.4, 0.5) is 5.69 Å². The number of hydrogen-bond acceptors (Lipinski definition) is 2. The SMILES string of the molecule is Nc1ccc(Oc2ccccc2I)c(I)c1. The van der Waals surface area contributed by atoms with Gasteiger partial charge in [0.05, 0.1) is 7.14 Å². The maximum atomic E-state index is 5.82. The molecule has 16 heavy (non-hydrogen) atoms. The maximum absolute atomic E-state index is 5.82. The normalized spacial score (nSPS) is 10.1. The molecule has 0 radical (unpaired) electrons. The largest absolute Gasteiger partial charge is 0.455 e. The molecule has 0 aromatic heterocycles. The van der Waals surface area contributed by atoms with Gasteiger partial charge in [0, 0.05) is 5.69 Å². The minimum absolute atomic E-state index is 0.750. The number of benzene rings is 2. The van der Waals surface area contributed by atoms with Crippen LogP contribution in [0.15, 0.2) is 42.5 Å². The van der Waals surface area contributed by atoms with Crippen molar-refractivity contribution in [1.29, 1.82) is 0 Å². The fourth-order valence-corrected chi connectivity index (χ4v) is 2.39. The highest BCUT2D eigenvalue weighted by Crippen LogP contribution is 2.30. The van der Waals surface area contributed by atoms with Gasteiger partial charge in [0.2, 0.25) is 0 Å². The lowest BCUT2D eigenvalue weighted by molar-refractivity contribution is 0.476. The number of nitrogens with two attached hydrogens (primary N) is 1. The third kappa shape index (κ3) is 2.79. The minimum atomic E-state index is 0.750. The first-order chi connectivity index (χ1) is 7.66. The van der Waals surface area contributed by atoms with Crippen LogP contribution in [0.2, 0.25) is 0 Å². The van der Waals surface area contributed by atoms with E-state index in [4.69, 9.17) is 10.5 Å². The van der Waals surface area contributed by atoms with Crippen molar-refractivity contribution >= 4 is 50.9 Å². The van der Waals surface area contributed by atoms with Gasteiger partial charge in [-0.25, -0.2) is 0 Å². The third-order valence-corrected chi connectivity index (χ3v) is 3.75. The van der Waals surface area contributed by atoms with Crippen LogP contribution in [0.5, 0.6) is 11.5 Å². The van der Waals surface area contributed by atoms with Gasteiger partial charge in [-0.3, -0.25) is 0 Å². The molecule has 0 unspecified atom stereocenters. The van der Waals surface area contributed by atoms with E-state index in [0.29, 0.717) is 0 Å². The molecule has 0 heterocycles. The Bertz CT molecular complexity index is 514. The van der Waals surface area contributed by atoms with Crippen LogP contribution in [0.3, 0.4) is 0 Å². The highest BCUT2D eigenvalue weighted by Gasteiger charge is 2.05. The topological polar surface area (TPSA) is 35.2 Å². The van der Waals surface area contributed by atoms with Crippen molar-refractivity contribution in [3.05, 3.63) is 49.6 Å². The zero-order chi connectivity index (χ0) is 11.5. The van der Waals surface area contributed by atoms with Crippen molar-refractivity contribution < 1.29 is 4.74 Å². The zero-order valence-corrected chi connectivity index (χ0v) is 12.6. The molecule has 2 N–H and O–H groups in total. The Balaban J connectivity index is 2.31. The Morgan fingerprint density at radius 3 is 2.25 bits per heavy atom. The number of ether oxygens (including phenoxy) is 1. The van der Waals surface area contributed by atoms with E-state index < -0.39 is 0 Å². The van der Waals surface area contributed by atoms with Crippen molar-refractivity contribution in [2.24, 2.45) is 0 Å². The summed E-state index contributed by atoms with van der Waals surface area (Å²) in [5.74, 6) is 1.70. The van der Waals surface area contributed by atoms with E-state index in [0.717, 1.165) is 24.3 Å². The summed E-state index contributed by atoms with van der Waals surface area (Å²) in [4.78, 5) is 0. The summed E-state index contributed by atoms with van der Waals surface area (Å²) < 4.78 is 7.93. The Hall–Kier alpha value is -0.500. The molecule has 0 atom stereocenters. The number of anilines is 1. The predicted octanol–water partition coefficient (Wildman–Crippen LogP) is 4.27. The number of halogens is 2. The van der Waals surface area contributed by atoms with Crippen molar-refractivity contribution in [1.82, 2.24) is 0 Å². The fraction of sp³-hybridized carbons (Fsp3) is 0. The average Bonchev–Trinajstić information content (AvgIpc) is 2.25. The van der Waals surface area contributed by atoms with Crippen molar-refractivity contribution in [2.45, 2.75) is 0 Å². The first-order valence-electron chi connectivity index (χ1n) is 4.64. The third-order valence-electron chi connectivity index (χ3n) is 2.01. The average molecular weight is 437 g/mol. The smallest absolute Gasteiger partial charge is 0.140 e. The lowest BCUT2D eigenvalue weighted by atomic mass is 10.3. The fourth-order valence-electron chi connectivity index (χ4n) is 1.25. The minimum Gasteiger partial charge on any atom is -0.455 e. The van der Waals surface area contributed by atoms with Gasteiger partial charge >= 0.3 is 0 Å². The molecule has 0 saturated carbocycles. The second kappa shape index (κ2) is 5.22. The lowest BCUT2D eigenvalue weighted by Gasteiger charge is -2.09. The van der Waals surface area contributed by atoms with Gasteiger partial charge < -0.3 is 10.5 Å². The summed E-state index contributed by atoms with van der Waals surface area (Å²) in [5, 5.41) is 0. The summed E-state index contributed by atoms with van der Waals surface area (Å²) in [6, 6.07) is 13.5. The Morgan fingerprint density at radius 2 is 1.56 bits per heavy atom. The van der Waals surface area contributed by atoms with E-state index in [9.17, 15) is 0 Å². The molecule has 0 aliphatic rings. The monoisotopic (exact) mass is 437 g/mol. The molecule has 0 bridgehead atoms. The van der Waals surface area contributed by atoms with Crippen LogP contribution in [0, 0.1) is 7.14 Å². The van der Waals surface area contributed by atoms with Gasteiger partial charge in [-0.05, 0) is 75.5 Å². The van der Waals surface area contributed by atoms with Crippen LogP contribution in [0.25, 0.3) is 0 Å². The quantitative estimate of drug-likeness (QED) is 0.563. The van der Waals surface area contributed by atoms with E-state index in [1.807, 2.05) is 42.5 Å². The van der Waals surface area contributed by atoms with Gasteiger partial charge in [0.25, 0.3) is 0 Å². The van der Waals surface area contributed by atoms with Crippen molar-refractivity contribution in [2.75, 3.05) is 5.73 Å². The van der Waals surface area contributed by atoms with Gasteiger partial charge in [-0.2, -0.15) is 0 Å². The molecule has 2 rings (SSSR count). The van der Waals surface area contributed by atoms with E-state index in [1.165, 1.54) is 0 Å². The summed E-state index contributed by atoms with van der Waals surface area (Å²) in [6.45, 7) is 0. The number of rotatable bonds is 2. The Labute approximate surface area is 121 Å². The molecule has 82 valence electrons. The van der Waals surface area contributed by atoms with Crippen LogP contribution in [0.1, 0.15) is 0 Å². The first-order valence-corrected chi connectivity index (χ1v) is 6.80. The molecule has 0 spiro atoms. The molecule has 2 nitrogen and oxygen atoms in total. The second-order valence-corrected chi connectivity index (χ2v) is 5.55. The van der Waals surface area contributed by atoms with Gasteiger partial charge in [0.1, 0.15) is 11.5 Å². The van der Waals surface area contributed by atoms with E-state index in [2.05, 4.69) is 45.2 Å². The van der Waals surface area contributed by atoms with Crippen LogP contribution < -0.4 is 10.5 Å². The van der Waals surface area contributed by atoms with Crippen LogP contribution >= 0.6 is 45.2 Å². The van der Waals surface area contributed by atoms with Crippen LogP contribution in [-0.4, -0.2) is 0 Å². The standard InChI is InChI=1S/C12H9I2NO/c13-9-3-1-2-4-11(9)16-12-6-5-8(15)7-10(12)14/h1-7H,15H2. The van der Waals surface area contributed by atoms with Gasteiger partial charge in [-0.1, -0.05) is 12.1 Å². The molecule has 0 amide bonds. The van der Waals surface area contributed by atoms with Crippen molar-refractivity contribution in [3.8, 4) is 11.5 Å². The Kier molecular flexibility index (Phi) is 3.91. The van der Waals surface area contributed by atoms with E-state index in [-0.39, 0.29) is 0 Å². The molecule has 2 aromatic rings. The Morgan fingerprint density at radius 1 is 0.875 bits per heavy atom.